The Bertz CT molecular complexity index is 487. The summed E-state index contributed by atoms with van der Waals surface area (Å²) in [5.74, 6) is -0.384. The van der Waals surface area contributed by atoms with Gasteiger partial charge >= 0.3 is 5.97 Å². The molecule has 0 amide bonds. The molecule has 0 aromatic carbocycles. The summed E-state index contributed by atoms with van der Waals surface area (Å²) in [5.41, 5.74) is 0.510. The highest BCUT2D eigenvalue weighted by molar-refractivity contribution is 5.91. The molecular weight excluding hydrogens is 272 g/mol. The third-order valence-corrected chi connectivity index (χ3v) is 3.37. The van der Waals surface area contributed by atoms with Crippen molar-refractivity contribution in [3.63, 3.8) is 0 Å². The van der Waals surface area contributed by atoms with Gasteiger partial charge in [0.2, 0.25) is 0 Å². The third-order valence-electron chi connectivity index (χ3n) is 3.37. The first-order chi connectivity index (χ1) is 10.1. The molecular formula is C14H22N4O3. The van der Waals surface area contributed by atoms with Crippen molar-refractivity contribution in [1.29, 1.82) is 0 Å². The summed E-state index contributed by atoms with van der Waals surface area (Å²) in [7, 11) is 0. The molecule has 1 aromatic heterocycles. The zero-order valence-corrected chi connectivity index (χ0v) is 12.5. The van der Waals surface area contributed by atoms with Crippen LogP contribution in [0.3, 0.4) is 0 Å². The van der Waals surface area contributed by atoms with Gasteiger partial charge in [0.15, 0.2) is 5.69 Å². The molecule has 1 fully saturated rings. The molecule has 0 unspecified atom stereocenters. The second-order valence-electron chi connectivity index (χ2n) is 5.33. The molecule has 21 heavy (non-hydrogen) atoms. The average Bonchev–Trinajstić information content (AvgIpc) is 2.48. The summed E-state index contributed by atoms with van der Waals surface area (Å²) in [4.78, 5) is 21.9. The molecule has 2 N–H and O–H groups in total. The lowest BCUT2D eigenvalue weighted by Crippen LogP contribution is -2.39. The molecule has 0 bridgehead atoms. The third kappa shape index (κ3) is 4.37. The largest absolute Gasteiger partial charge is 0.476 e. The van der Waals surface area contributed by atoms with E-state index in [-0.39, 0.29) is 11.6 Å². The van der Waals surface area contributed by atoms with Crippen LogP contribution < -0.4 is 5.32 Å². The Balaban J connectivity index is 1.96. The number of hydrogen-bond acceptors (Lipinski definition) is 6. The van der Waals surface area contributed by atoms with Crippen LogP contribution in [-0.2, 0) is 4.74 Å². The summed E-state index contributed by atoms with van der Waals surface area (Å²) in [6.45, 7) is 8.71. The molecule has 0 saturated carbocycles. The summed E-state index contributed by atoms with van der Waals surface area (Å²) in [6, 6.07) is 0. The van der Waals surface area contributed by atoms with E-state index in [4.69, 9.17) is 4.74 Å². The van der Waals surface area contributed by atoms with Crippen LogP contribution in [0.25, 0.3) is 0 Å². The van der Waals surface area contributed by atoms with E-state index in [0.29, 0.717) is 18.1 Å². The molecule has 2 heterocycles. The number of nitrogens with zero attached hydrogens (tertiary/aromatic N) is 3. The molecule has 116 valence electrons. The zero-order valence-electron chi connectivity index (χ0n) is 12.5. The monoisotopic (exact) mass is 294 g/mol. The first-order valence-corrected chi connectivity index (χ1v) is 7.22. The Morgan fingerprint density at radius 2 is 2.19 bits per heavy atom. The fourth-order valence-corrected chi connectivity index (χ4v) is 2.14. The van der Waals surface area contributed by atoms with Crippen LogP contribution in [0.15, 0.2) is 6.20 Å². The van der Waals surface area contributed by atoms with Crippen LogP contribution in [-0.4, -0.2) is 65.3 Å². The molecule has 7 nitrogen and oxygen atoms in total. The van der Waals surface area contributed by atoms with E-state index in [1.165, 1.54) is 0 Å². The molecule has 1 aromatic rings. The maximum Gasteiger partial charge on any atom is 0.356 e. The standard InChI is InChI=1S/C14H22N4O3/c1-10(2)13-16-9-11(12(17-13)14(19)20)15-3-4-18-5-7-21-8-6-18/h9-10,15H,3-8H2,1-2H3,(H,19,20). The van der Waals surface area contributed by atoms with Crippen LogP contribution in [0.5, 0.6) is 0 Å². The topological polar surface area (TPSA) is 87.6 Å². The Morgan fingerprint density at radius 1 is 1.48 bits per heavy atom. The fourth-order valence-electron chi connectivity index (χ4n) is 2.14. The van der Waals surface area contributed by atoms with Crippen molar-refractivity contribution < 1.29 is 14.6 Å². The lowest BCUT2D eigenvalue weighted by atomic mass is 10.2. The SMILES string of the molecule is CC(C)c1ncc(NCCN2CCOCC2)c(C(=O)O)n1. The number of ether oxygens (including phenoxy) is 1. The van der Waals surface area contributed by atoms with Crippen molar-refractivity contribution in [3.8, 4) is 0 Å². The van der Waals surface area contributed by atoms with E-state index in [2.05, 4.69) is 20.2 Å². The number of aromatic carboxylic acids is 1. The molecule has 1 saturated heterocycles. The molecule has 1 aliphatic heterocycles. The van der Waals surface area contributed by atoms with Gasteiger partial charge in [-0.3, -0.25) is 4.90 Å². The van der Waals surface area contributed by atoms with Gasteiger partial charge in [-0.1, -0.05) is 13.8 Å². The molecule has 7 heteroatoms. The number of morpholine rings is 1. The van der Waals surface area contributed by atoms with E-state index in [1.807, 2.05) is 13.8 Å². The smallest absolute Gasteiger partial charge is 0.356 e. The number of aromatic nitrogens is 2. The number of anilines is 1. The Labute approximate surface area is 124 Å². The minimum absolute atomic E-state index is 0.0377. The Kier molecular flexibility index (Phi) is 5.46. The highest BCUT2D eigenvalue weighted by Gasteiger charge is 2.16. The normalized spacial score (nSPS) is 16.1. The van der Waals surface area contributed by atoms with E-state index in [9.17, 15) is 9.90 Å². The van der Waals surface area contributed by atoms with Gasteiger partial charge in [-0.15, -0.1) is 0 Å². The predicted molar refractivity (Wildman–Crippen MR) is 78.8 cm³/mol. The first kappa shape index (κ1) is 15.7. The molecule has 0 aliphatic carbocycles. The van der Waals surface area contributed by atoms with Crippen LogP contribution in [0.2, 0.25) is 0 Å². The Hall–Kier alpha value is -1.73. The van der Waals surface area contributed by atoms with E-state index >= 15 is 0 Å². The number of carboxylic acids is 1. The van der Waals surface area contributed by atoms with Crippen molar-refractivity contribution in [2.24, 2.45) is 0 Å². The van der Waals surface area contributed by atoms with Gasteiger partial charge in [-0.05, 0) is 0 Å². The van der Waals surface area contributed by atoms with Gasteiger partial charge in [-0.25, -0.2) is 14.8 Å². The number of carboxylic acid groups (broad SMARTS) is 1. The van der Waals surface area contributed by atoms with Crippen LogP contribution in [0, 0.1) is 0 Å². The minimum Gasteiger partial charge on any atom is -0.476 e. The van der Waals surface area contributed by atoms with E-state index in [1.54, 1.807) is 6.20 Å². The summed E-state index contributed by atoms with van der Waals surface area (Å²) in [6.07, 6.45) is 1.56. The molecule has 1 aliphatic rings. The van der Waals surface area contributed by atoms with Gasteiger partial charge in [0.1, 0.15) is 5.82 Å². The van der Waals surface area contributed by atoms with Gasteiger partial charge in [0, 0.05) is 32.1 Å². The van der Waals surface area contributed by atoms with Gasteiger partial charge < -0.3 is 15.2 Å². The second-order valence-corrected chi connectivity index (χ2v) is 5.33. The summed E-state index contributed by atoms with van der Waals surface area (Å²) >= 11 is 0. The van der Waals surface area contributed by atoms with Crippen molar-refractivity contribution in [2.45, 2.75) is 19.8 Å². The van der Waals surface area contributed by atoms with Crippen molar-refractivity contribution in [2.75, 3.05) is 44.7 Å². The molecule has 0 radical (unpaired) electrons. The maximum absolute atomic E-state index is 11.3. The molecule has 2 rings (SSSR count). The van der Waals surface area contributed by atoms with Crippen molar-refractivity contribution in [1.82, 2.24) is 14.9 Å². The lowest BCUT2D eigenvalue weighted by Gasteiger charge is -2.26. The van der Waals surface area contributed by atoms with Gasteiger partial charge in [0.05, 0.1) is 25.1 Å². The lowest BCUT2D eigenvalue weighted by molar-refractivity contribution is 0.0398. The zero-order chi connectivity index (χ0) is 15.2. The van der Waals surface area contributed by atoms with Crippen molar-refractivity contribution in [3.05, 3.63) is 17.7 Å². The van der Waals surface area contributed by atoms with Gasteiger partial charge in [-0.2, -0.15) is 0 Å². The fraction of sp³-hybridized carbons (Fsp3) is 0.643. The highest BCUT2D eigenvalue weighted by atomic mass is 16.5. The van der Waals surface area contributed by atoms with E-state index in [0.717, 1.165) is 32.8 Å². The number of rotatable bonds is 6. The highest BCUT2D eigenvalue weighted by Crippen LogP contribution is 2.16. The number of hydrogen-bond donors (Lipinski definition) is 2. The summed E-state index contributed by atoms with van der Waals surface area (Å²) in [5, 5.41) is 12.4. The van der Waals surface area contributed by atoms with Crippen LogP contribution in [0.4, 0.5) is 5.69 Å². The molecule has 0 spiro atoms. The molecule has 0 atom stereocenters. The first-order valence-electron chi connectivity index (χ1n) is 7.22. The van der Waals surface area contributed by atoms with Crippen LogP contribution >= 0.6 is 0 Å². The average molecular weight is 294 g/mol. The predicted octanol–water partition coefficient (Wildman–Crippen LogP) is 1.04. The Morgan fingerprint density at radius 3 is 2.81 bits per heavy atom. The number of carbonyl (C=O) groups is 1. The second kappa shape index (κ2) is 7.33. The van der Waals surface area contributed by atoms with Crippen molar-refractivity contribution >= 4 is 11.7 Å². The van der Waals surface area contributed by atoms with E-state index < -0.39 is 5.97 Å². The number of nitrogens with one attached hydrogen (secondary N) is 1. The minimum atomic E-state index is -1.03. The maximum atomic E-state index is 11.3. The van der Waals surface area contributed by atoms with Crippen LogP contribution in [0.1, 0.15) is 36.1 Å². The summed E-state index contributed by atoms with van der Waals surface area (Å²) < 4.78 is 5.29. The quantitative estimate of drug-likeness (QED) is 0.810. The van der Waals surface area contributed by atoms with Gasteiger partial charge in [0.25, 0.3) is 0 Å².